The van der Waals surface area contributed by atoms with E-state index < -0.39 is 0 Å². The van der Waals surface area contributed by atoms with Gasteiger partial charge in [0, 0.05) is 29.6 Å². The van der Waals surface area contributed by atoms with Gasteiger partial charge in [-0.25, -0.2) is 0 Å². The lowest BCUT2D eigenvalue weighted by molar-refractivity contribution is 0.154. The van der Waals surface area contributed by atoms with E-state index in [-0.39, 0.29) is 12.0 Å². The highest BCUT2D eigenvalue weighted by Gasteiger charge is 2.17. The van der Waals surface area contributed by atoms with Crippen LogP contribution in [0, 0.1) is 5.41 Å². The molecule has 1 unspecified atom stereocenters. The summed E-state index contributed by atoms with van der Waals surface area (Å²) in [5.74, 6) is 0. The summed E-state index contributed by atoms with van der Waals surface area (Å²) in [4.78, 5) is 0. The molecule has 0 fully saturated rings. The van der Waals surface area contributed by atoms with E-state index in [1.54, 1.807) is 0 Å². The number of aliphatic hydroxyl groups excluding tert-OH is 1. The van der Waals surface area contributed by atoms with Crippen LogP contribution in [0.3, 0.4) is 0 Å². The van der Waals surface area contributed by atoms with Crippen molar-refractivity contribution in [3.8, 4) is 0 Å². The topological polar surface area (TPSA) is 32.3 Å². The molecule has 0 spiro atoms. The maximum absolute atomic E-state index is 9.17. The van der Waals surface area contributed by atoms with Crippen LogP contribution in [0.4, 0.5) is 0 Å². The van der Waals surface area contributed by atoms with Gasteiger partial charge in [-0.05, 0) is 31.0 Å². The van der Waals surface area contributed by atoms with Gasteiger partial charge in [0.05, 0.1) is 0 Å². The molecule has 17 heavy (non-hydrogen) atoms. The van der Waals surface area contributed by atoms with Crippen LogP contribution < -0.4 is 5.32 Å². The van der Waals surface area contributed by atoms with Crippen molar-refractivity contribution in [3.63, 3.8) is 0 Å². The highest BCUT2D eigenvalue weighted by molar-refractivity contribution is 6.30. The summed E-state index contributed by atoms with van der Waals surface area (Å²) in [5, 5.41) is 13.4. The molecule has 96 valence electrons. The Morgan fingerprint density at radius 3 is 2.41 bits per heavy atom. The van der Waals surface area contributed by atoms with Crippen molar-refractivity contribution >= 4 is 11.6 Å². The van der Waals surface area contributed by atoms with Gasteiger partial charge in [-0.1, -0.05) is 37.6 Å². The third kappa shape index (κ3) is 5.53. The van der Waals surface area contributed by atoms with Crippen molar-refractivity contribution < 1.29 is 5.11 Å². The summed E-state index contributed by atoms with van der Waals surface area (Å²) in [5.41, 5.74) is 1.21. The summed E-state index contributed by atoms with van der Waals surface area (Å²) >= 11 is 5.84. The van der Waals surface area contributed by atoms with Gasteiger partial charge in [-0.2, -0.15) is 0 Å². The van der Waals surface area contributed by atoms with Crippen molar-refractivity contribution in [2.45, 2.75) is 33.2 Å². The zero-order chi connectivity index (χ0) is 12.9. The zero-order valence-electron chi connectivity index (χ0n) is 10.8. The van der Waals surface area contributed by atoms with E-state index in [9.17, 15) is 5.11 Å². The Balaban J connectivity index is 2.39. The number of nitrogens with one attached hydrogen (secondary N) is 1. The molecule has 0 amide bonds. The maximum Gasteiger partial charge on any atom is 0.0494 e. The first-order valence-electron chi connectivity index (χ1n) is 6.02. The molecule has 2 nitrogen and oxygen atoms in total. The van der Waals surface area contributed by atoms with E-state index in [1.165, 1.54) is 5.56 Å². The Labute approximate surface area is 109 Å². The molecular formula is C14H22ClNO. The lowest BCUT2D eigenvalue weighted by Crippen LogP contribution is -2.38. The van der Waals surface area contributed by atoms with Crippen molar-refractivity contribution in [1.82, 2.24) is 5.32 Å². The highest BCUT2D eigenvalue weighted by Crippen LogP contribution is 2.13. The first-order chi connectivity index (χ1) is 7.93. The summed E-state index contributed by atoms with van der Waals surface area (Å²) < 4.78 is 0. The van der Waals surface area contributed by atoms with Gasteiger partial charge in [0.1, 0.15) is 0 Å². The Kier molecular flexibility index (Phi) is 5.44. The summed E-state index contributed by atoms with van der Waals surface area (Å²) in [7, 11) is 0. The SMILES string of the molecule is CC(Cc1ccc(Cl)cc1)NCC(C)(C)CO. The number of hydrogen-bond acceptors (Lipinski definition) is 2. The quantitative estimate of drug-likeness (QED) is 0.819. The second kappa shape index (κ2) is 6.39. The number of aliphatic hydroxyl groups is 1. The van der Waals surface area contributed by atoms with E-state index in [4.69, 9.17) is 11.6 Å². The van der Waals surface area contributed by atoms with Gasteiger partial charge >= 0.3 is 0 Å². The molecular weight excluding hydrogens is 234 g/mol. The monoisotopic (exact) mass is 255 g/mol. The van der Waals surface area contributed by atoms with Gasteiger partial charge in [-0.3, -0.25) is 0 Å². The average molecular weight is 256 g/mol. The Morgan fingerprint density at radius 1 is 1.29 bits per heavy atom. The molecule has 0 heterocycles. The van der Waals surface area contributed by atoms with Crippen molar-refractivity contribution in [1.29, 1.82) is 0 Å². The van der Waals surface area contributed by atoms with Crippen LogP contribution in [-0.4, -0.2) is 24.3 Å². The number of halogens is 1. The normalized spacial score (nSPS) is 13.7. The molecule has 0 radical (unpaired) electrons. The number of rotatable bonds is 6. The van der Waals surface area contributed by atoms with E-state index in [0.29, 0.717) is 6.04 Å². The average Bonchev–Trinajstić information content (AvgIpc) is 2.30. The zero-order valence-corrected chi connectivity index (χ0v) is 11.6. The number of hydrogen-bond donors (Lipinski definition) is 2. The van der Waals surface area contributed by atoms with E-state index in [1.807, 2.05) is 12.1 Å². The largest absolute Gasteiger partial charge is 0.396 e. The van der Waals surface area contributed by atoms with Gasteiger partial charge in [0.15, 0.2) is 0 Å². The fourth-order valence-electron chi connectivity index (χ4n) is 1.55. The predicted octanol–water partition coefficient (Wildman–Crippen LogP) is 2.88. The van der Waals surface area contributed by atoms with Crippen LogP contribution in [0.2, 0.25) is 5.02 Å². The van der Waals surface area contributed by atoms with Crippen LogP contribution in [-0.2, 0) is 6.42 Å². The molecule has 0 saturated carbocycles. The van der Waals surface area contributed by atoms with Crippen molar-refractivity contribution in [2.75, 3.05) is 13.2 Å². The first kappa shape index (κ1) is 14.5. The Bertz CT molecular complexity index is 335. The lowest BCUT2D eigenvalue weighted by atomic mass is 9.94. The van der Waals surface area contributed by atoms with Crippen LogP contribution in [0.5, 0.6) is 0 Å². The smallest absolute Gasteiger partial charge is 0.0494 e. The summed E-state index contributed by atoms with van der Waals surface area (Å²) in [6.45, 7) is 7.28. The summed E-state index contributed by atoms with van der Waals surface area (Å²) in [6, 6.07) is 8.33. The second-order valence-corrected chi connectivity index (χ2v) is 5.87. The molecule has 0 aliphatic rings. The molecule has 3 heteroatoms. The lowest BCUT2D eigenvalue weighted by Gasteiger charge is -2.25. The molecule has 1 aromatic rings. The molecule has 0 saturated heterocycles. The number of benzene rings is 1. The first-order valence-corrected chi connectivity index (χ1v) is 6.39. The van der Waals surface area contributed by atoms with Crippen LogP contribution in [0.1, 0.15) is 26.3 Å². The predicted molar refractivity (Wildman–Crippen MR) is 73.5 cm³/mol. The van der Waals surface area contributed by atoms with Gasteiger partial charge < -0.3 is 10.4 Å². The molecule has 0 aromatic heterocycles. The van der Waals surface area contributed by atoms with Crippen LogP contribution in [0.15, 0.2) is 24.3 Å². The fourth-order valence-corrected chi connectivity index (χ4v) is 1.68. The fraction of sp³-hybridized carbons (Fsp3) is 0.571. The highest BCUT2D eigenvalue weighted by atomic mass is 35.5. The molecule has 0 aliphatic heterocycles. The van der Waals surface area contributed by atoms with E-state index in [0.717, 1.165) is 18.0 Å². The summed E-state index contributed by atoms with van der Waals surface area (Å²) in [6.07, 6.45) is 0.971. The minimum absolute atomic E-state index is 0.0613. The molecule has 0 aliphatic carbocycles. The standard InChI is InChI=1S/C14H22ClNO/c1-11(16-9-14(2,3)10-17)8-12-4-6-13(15)7-5-12/h4-7,11,16-17H,8-10H2,1-3H3. The Morgan fingerprint density at radius 2 is 1.88 bits per heavy atom. The van der Waals surface area contributed by atoms with E-state index in [2.05, 4.69) is 38.2 Å². The third-order valence-electron chi connectivity index (χ3n) is 2.81. The molecule has 1 atom stereocenters. The molecule has 0 bridgehead atoms. The molecule has 1 aromatic carbocycles. The van der Waals surface area contributed by atoms with Crippen molar-refractivity contribution in [2.24, 2.45) is 5.41 Å². The minimum Gasteiger partial charge on any atom is -0.396 e. The Hall–Kier alpha value is -0.570. The molecule has 2 N–H and O–H groups in total. The second-order valence-electron chi connectivity index (χ2n) is 5.43. The van der Waals surface area contributed by atoms with E-state index >= 15 is 0 Å². The van der Waals surface area contributed by atoms with Crippen LogP contribution >= 0.6 is 11.6 Å². The van der Waals surface area contributed by atoms with Gasteiger partial charge in [-0.15, -0.1) is 0 Å². The minimum atomic E-state index is -0.0613. The third-order valence-corrected chi connectivity index (χ3v) is 3.06. The van der Waals surface area contributed by atoms with Crippen molar-refractivity contribution in [3.05, 3.63) is 34.9 Å². The maximum atomic E-state index is 9.17. The molecule has 1 rings (SSSR count). The van der Waals surface area contributed by atoms with Gasteiger partial charge in [0.25, 0.3) is 0 Å². The van der Waals surface area contributed by atoms with Crippen LogP contribution in [0.25, 0.3) is 0 Å². The van der Waals surface area contributed by atoms with Gasteiger partial charge in [0.2, 0.25) is 0 Å².